The number of ether oxygens (including phenoxy) is 2. The number of unbranched alkanes of at least 4 members (excludes halogenated alkanes) is 24. The van der Waals surface area contributed by atoms with E-state index in [9.17, 15) is 4.57 Å². The number of hydrogen-bond acceptors (Lipinski definition) is 4. The second kappa shape index (κ2) is 26.4. The van der Waals surface area contributed by atoms with Gasteiger partial charge in [-0.25, -0.2) is 4.57 Å². The predicted molar refractivity (Wildman–Crippen MR) is 172 cm³/mol. The molecule has 1 aliphatic rings. The molecular formula is C34H69O6P. The molecule has 0 aromatic carbocycles. The minimum absolute atomic E-state index is 0.122. The molecule has 0 saturated carbocycles. The van der Waals surface area contributed by atoms with Crippen molar-refractivity contribution in [2.45, 2.75) is 206 Å². The fourth-order valence-corrected chi connectivity index (χ4v) is 6.45. The summed E-state index contributed by atoms with van der Waals surface area (Å²) in [5.74, 6) is -0.613. The molecule has 0 aromatic rings. The molecular weight excluding hydrogens is 535 g/mol. The topological polar surface area (TPSA) is 85.2 Å². The van der Waals surface area contributed by atoms with Gasteiger partial charge in [0.2, 0.25) is 0 Å². The van der Waals surface area contributed by atoms with Gasteiger partial charge in [-0.05, 0) is 12.8 Å². The Kier molecular flexibility index (Phi) is 25.2. The van der Waals surface area contributed by atoms with Crippen molar-refractivity contribution in [1.82, 2.24) is 0 Å². The molecule has 1 aliphatic heterocycles. The molecule has 1 rings (SSSR count). The first-order valence-corrected chi connectivity index (χ1v) is 19.5. The molecule has 0 amide bonds. The molecule has 6 nitrogen and oxygen atoms in total. The van der Waals surface area contributed by atoms with Crippen molar-refractivity contribution >= 4 is 7.82 Å². The van der Waals surface area contributed by atoms with Crippen LogP contribution in [0.5, 0.6) is 0 Å². The summed E-state index contributed by atoms with van der Waals surface area (Å²) in [6, 6.07) is 0. The van der Waals surface area contributed by atoms with E-state index in [4.69, 9.17) is 23.8 Å². The zero-order valence-corrected chi connectivity index (χ0v) is 28.2. The molecule has 0 aromatic heterocycles. The lowest BCUT2D eigenvalue weighted by Crippen LogP contribution is -2.32. The van der Waals surface area contributed by atoms with Crippen LogP contribution in [-0.2, 0) is 18.6 Å². The van der Waals surface area contributed by atoms with Crippen molar-refractivity contribution in [3.63, 3.8) is 0 Å². The fraction of sp³-hybridized carbons (Fsp3) is 1.00. The largest absolute Gasteiger partial charge is 0.469 e. The van der Waals surface area contributed by atoms with Crippen LogP contribution < -0.4 is 0 Å². The molecule has 1 fully saturated rings. The molecule has 0 aliphatic carbocycles. The first-order chi connectivity index (χ1) is 19.9. The normalized spacial score (nSPS) is 17.0. The van der Waals surface area contributed by atoms with Gasteiger partial charge in [0.15, 0.2) is 5.79 Å². The summed E-state index contributed by atoms with van der Waals surface area (Å²) in [4.78, 5) is 18.1. The maximum absolute atomic E-state index is 11.1. The van der Waals surface area contributed by atoms with Gasteiger partial charge in [-0.2, -0.15) is 0 Å². The molecule has 1 atom stereocenters. The van der Waals surface area contributed by atoms with Gasteiger partial charge >= 0.3 is 7.82 Å². The standard InChI is InChI=1S/C34H69O6P/c1-3-5-7-9-11-13-15-17-19-21-23-25-27-29-34(38-31-33(40-34)32-39-41(35,36)37)30-28-26-24-22-20-18-16-14-12-10-8-6-4-2/h33H,3-32H2,1-2H3,(H2,35,36,37). The van der Waals surface area contributed by atoms with Gasteiger partial charge in [0.05, 0.1) is 13.2 Å². The number of rotatable bonds is 31. The summed E-state index contributed by atoms with van der Waals surface area (Å²) in [6.45, 7) is 4.77. The van der Waals surface area contributed by atoms with Crippen molar-refractivity contribution in [2.24, 2.45) is 0 Å². The highest BCUT2D eigenvalue weighted by Crippen LogP contribution is 2.39. The Bertz CT molecular complexity index is 580. The SMILES string of the molecule is CCCCCCCCCCCCCCCC1(CCCCCCCCCCCCCCC)OCC(COP(=O)(O)O)O1. The zero-order valence-electron chi connectivity index (χ0n) is 27.3. The Morgan fingerprint density at radius 2 is 0.902 bits per heavy atom. The second-order valence-electron chi connectivity index (χ2n) is 12.7. The molecule has 41 heavy (non-hydrogen) atoms. The number of hydrogen-bond donors (Lipinski definition) is 2. The Morgan fingerprint density at radius 1 is 0.585 bits per heavy atom. The third kappa shape index (κ3) is 24.1. The monoisotopic (exact) mass is 604 g/mol. The second-order valence-corrected chi connectivity index (χ2v) is 14.0. The van der Waals surface area contributed by atoms with Gasteiger partial charge in [-0.1, -0.05) is 168 Å². The van der Waals surface area contributed by atoms with E-state index in [1.165, 1.54) is 154 Å². The highest BCUT2D eigenvalue weighted by molar-refractivity contribution is 7.46. The number of phosphoric acid groups is 1. The van der Waals surface area contributed by atoms with Crippen LogP contribution in [0.25, 0.3) is 0 Å². The summed E-state index contributed by atoms with van der Waals surface area (Å²) >= 11 is 0. The predicted octanol–water partition coefficient (Wildman–Crippen LogP) is 11.2. The van der Waals surface area contributed by atoms with E-state index in [1.54, 1.807) is 0 Å². The Morgan fingerprint density at radius 3 is 1.22 bits per heavy atom. The van der Waals surface area contributed by atoms with Crippen LogP contribution in [0.2, 0.25) is 0 Å². The smallest absolute Gasteiger partial charge is 0.347 e. The number of phosphoric ester groups is 1. The van der Waals surface area contributed by atoms with Crippen molar-refractivity contribution in [1.29, 1.82) is 0 Å². The minimum atomic E-state index is -4.50. The quantitative estimate of drug-likeness (QED) is 0.0605. The highest BCUT2D eigenvalue weighted by atomic mass is 31.2. The fourth-order valence-electron chi connectivity index (χ4n) is 6.09. The maximum Gasteiger partial charge on any atom is 0.469 e. The Labute approximate surface area is 254 Å². The van der Waals surface area contributed by atoms with E-state index < -0.39 is 19.7 Å². The van der Waals surface area contributed by atoms with Crippen LogP contribution in [0.4, 0.5) is 0 Å². The van der Waals surface area contributed by atoms with Crippen molar-refractivity contribution in [3.8, 4) is 0 Å². The molecule has 0 radical (unpaired) electrons. The molecule has 1 unspecified atom stereocenters. The maximum atomic E-state index is 11.1. The highest BCUT2D eigenvalue weighted by Gasteiger charge is 2.41. The first kappa shape index (κ1) is 39.1. The summed E-state index contributed by atoms with van der Waals surface area (Å²) in [7, 11) is -4.50. The molecule has 2 N–H and O–H groups in total. The van der Waals surface area contributed by atoms with Crippen LogP contribution in [0.15, 0.2) is 0 Å². The minimum Gasteiger partial charge on any atom is -0.347 e. The Balaban J connectivity index is 2.19. The van der Waals surface area contributed by atoms with Gasteiger partial charge < -0.3 is 19.3 Å². The molecule has 7 heteroatoms. The van der Waals surface area contributed by atoms with E-state index in [1.807, 2.05) is 0 Å². The van der Waals surface area contributed by atoms with Gasteiger partial charge in [0, 0.05) is 12.8 Å². The summed E-state index contributed by atoms with van der Waals surface area (Å²) < 4.78 is 28.3. The lowest BCUT2D eigenvalue weighted by atomic mass is 9.98. The van der Waals surface area contributed by atoms with Crippen molar-refractivity contribution in [3.05, 3.63) is 0 Å². The van der Waals surface area contributed by atoms with Crippen LogP contribution in [0.3, 0.4) is 0 Å². The third-order valence-corrected chi connectivity index (χ3v) is 9.15. The molecule has 1 saturated heterocycles. The molecule has 0 bridgehead atoms. The van der Waals surface area contributed by atoms with Crippen LogP contribution in [0.1, 0.15) is 194 Å². The van der Waals surface area contributed by atoms with Gasteiger partial charge in [-0.3, -0.25) is 4.52 Å². The lowest BCUT2D eigenvalue weighted by molar-refractivity contribution is -0.182. The lowest BCUT2D eigenvalue weighted by Gasteiger charge is -2.28. The first-order valence-electron chi connectivity index (χ1n) is 17.9. The average molecular weight is 605 g/mol. The summed E-state index contributed by atoms with van der Waals surface area (Å²) in [5.41, 5.74) is 0. The van der Waals surface area contributed by atoms with E-state index in [0.29, 0.717) is 6.61 Å². The Hall–Kier alpha value is 0.0300. The van der Waals surface area contributed by atoms with E-state index in [-0.39, 0.29) is 6.61 Å². The van der Waals surface area contributed by atoms with E-state index >= 15 is 0 Å². The zero-order chi connectivity index (χ0) is 29.9. The van der Waals surface area contributed by atoms with E-state index in [2.05, 4.69) is 13.8 Å². The third-order valence-electron chi connectivity index (χ3n) is 8.66. The van der Waals surface area contributed by atoms with Crippen LogP contribution in [-0.4, -0.2) is 34.9 Å². The summed E-state index contributed by atoms with van der Waals surface area (Å²) in [5, 5.41) is 0. The molecule has 1 heterocycles. The van der Waals surface area contributed by atoms with E-state index in [0.717, 1.165) is 25.7 Å². The molecule has 0 spiro atoms. The van der Waals surface area contributed by atoms with Crippen molar-refractivity contribution in [2.75, 3.05) is 13.2 Å². The average Bonchev–Trinajstić information content (AvgIpc) is 3.35. The summed E-state index contributed by atoms with van der Waals surface area (Å²) in [6.07, 6.45) is 35.8. The van der Waals surface area contributed by atoms with Crippen LogP contribution >= 0.6 is 7.82 Å². The van der Waals surface area contributed by atoms with Crippen LogP contribution in [0, 0.1) is 0 Å². The molecule has 246 valence electrons. The van der Waals surface area contributed by atoms with Crippen molar-refractivity contribution < 1.29 is 28.3 Å². The van der Waals surface area contributed by atoms with Gasteiger partial charge in [0.25, 0.3) is 0 Å². The van der Waals surface area contributed by atoms with Gasteiger partial charge in [0.1, 0.15) is 6.10 Å². The van der Waals surface area contributed by atoms with Gasteiger partial charge in [-0.15, -0.1) is 0 Å².